The number of rotatable bonds is 2. The van der Waals surface area contributed by atoms with Gasteiger partial charge in [-0.1, -0.05) is 0 Å². The van der Waals surface area contributed by atoms with E-state index in [1.807, 2.05) is 4.68 Å². The number of fused-ring (bicyclic) bond motifs is 3. The van der Waals surface area contributed by atoms with E-state index in [0.717, 1.165) is 34.6 Å². The van der Waals surface area contributed by atoms with Crippen molar-refractivity contribution in [2.24, 2.45) is 0 Å². The number of esters is 1. The summed E-state index contributed by atoms with van der Waals surface area (Å²) in [4.78, 5) is 16.1. The van der Waals surface area contributed by atoms with Crippen molar-refractivity contribution in [3.05, 3.63) is 30.0 Å². The monoisotopic (exact) mass is 282 g/mol. The molecule has 6 heteroatoms. The molecule has 0 radical (unpaired) electrons. The van der Waals surface area contributed by atoms with Gasteiger partial charge in [-0.25, -0.2) is 9.78 Å². The molecule has 4 rings (SSSR count). The van der Waals surface area contributed by atoms with Gasteiger partial charge in [0, 0.05) is 5.39 Å². The van der Waals surface area contributed by atoms with Crippen LogP contribution in [-0.2, 0) is 4.74 Å². The van der Waals surface area contributed by atoms with Gasteiger partial charge in [0.15, 0.2) is 0 Å². The lowest BCUT2D eigenvalue weighted by molar-refractivity contribution is 0.0601. The van der Waals surface area contributed by atoms with E-state index in [9.17, 15) is 4.79 Å². The molecular formula is C15H14N4O2. The van der Waals surface area contributed by atoms with E-state index >= 15 is 0 Å². The SMILES string of the molecule is COC(=O)c1ccc2nc(N)c3cnn(C4CC4)c3c2c1. The average molecular weight is 282 g/mol. The molecule has 0 bridgehead atoms. The van der Waals surface area contributed by atoms with Gasteiger partial charge in [0.25, 0.3) is 0 Å². The number of ether oxygens (including phenoxy) is 1. The summed E-state index contributed by atoms with van der Waals surface area (Å²) in [5, 5.41) is 6.15. The second kappa shape index (κ2) is 4.18. The smallest absolute Gasteiger partial charge is 0.337 e. The van der Waals surface area contributed by atoms with Crippen LogP contribution < -0.4 is 5.73 Å². The van der Waals surface area contributed by atoms with Gasteiger partial charge < -0.3 is 10.5 Å². The molecule has 0 amide bonds. The molecule has 3 aromatic rings. The zero-order chi connectivity index (χ0) is 14.6. The zero-order valence-corrected chi connectivity index (χ0v) is 11.5. The number of nitrogens with zero attached hydrogens (tertiary/aromatic N) is 3. The summed E-state index contributed by atoms with van der Waals surface area (Å²) in [6, 6.07) is 5.72. The Labute approximate surface area is 120 Å². The van der Waals surface area contributed by atoms with Crippen LogP contribution in [0.1, 0.15) is 29.2 Å². The van der Waals surface area contributed by atoms with Gasteiger partial charge >= 0.3 is 5.97 Å². The topological polar surface area (TPSA) is 83.0 Å². The first-order valence-corrected chi connectivity index (χ1v) is 6.84. The molecule has 1 fully saturated rings. The van der Waals surface area contributed by atoms with Crippen molar-refractivity contribution in [3.63, 3.8) is 0 Å². The maximum atomic E-state index is 11.7. The third kappa shape index (κ3) is 1.75. The zero-order valence-electron chi connectivity index (χ0n) is 11.5. The van der Waals surface area contributed by atoms with E-state index < -0.39 is 0 Å². The summed E-state index contributed by atoms with van der Waals surface area (Å²) in [7, 11) is 1.37. The molecule has 2 N–H and O–H groups in total. The highest BCUT2D eigenvalue weighted by molar-refractivity contribution is 6.09. The molecule has 1 aliphatic carbocycles. The maximum absolute atomic E-state index is 11.7. The number of anilines is 1. The van der Waals surface area contributed by atoms with Gasteiger partial charge in [0.1, 0.15) is 5.82 Å². The Balaban J connectivity index is 2.08. The summed E-state index contributed by atoms with van der Waals surface area (Å²) in [5.41, 5.74) is 8.23. The van der Waals surface area contributed by atoms with Gasteiger partial charge in [-0.05, 0) is 31.0 Å². The molecule has 0 saturated heterocycles. The Bertz CT molecular complexity index is 880. The van der Waals surface area contributed by atoms with Crippen LogP contribution in [0.3, 0.4) is 0 Å². The minimum absolute atomic E-state index is 0.362. The largest absolute Gasteiger partial charge is 0.465 e. The number of aromatic nitrogens is 3. The fourth-order valence-corrected chi connectivity index (χ4v) is 2.67. The maximum Gasteiger partial charge on any atom is 0.337 e. The molecule has 1 aromatic carbocycles. The summed E-state index contributed by atoms with van der Waals surface area (Å²) in [6.45, 7) is 0. The molecule has 0 spiro atoms. The quantitative estimate of drug-likeness (QED) is 0.729. The van der Waals surface area contributed by atoms with Crippen molar-refractivity contribution in [2.75, 3.05) is 12.8 Å². The molecule has 1 saturated carbocycles. The van der Waals surface area contributed by atoms with Crippen LogP contribution in [0.2, 0.25) is 0 Å². The van der Waals surface area contributed by atoms with Crippen LogP contribution in [0.15, 0.2) is 24.4 Å². The summed E-state index contributed by atoms with van der Waals surface area (Å²) in [5.74, 6) is 0.106. The third-order valence-electron chi connectivity index (χ3n) is 3.88. The number of methoxy groups -OCH3 is 1. The van der Waals surface area contributed by atoms with E-state index in [-0.39, 0.29) is 5.97 Å². The molecule has 0 atom stereocenters. The summed E-state index contributed by atoms with van der Waals surface area (Å²) in [6.07, 6.45) is 3.99. The average Bonchev–Trinajstić information content (AvgIpc) is 3.24. The molecule has 1 aliphatic rings. The second-order valence-electron chi connectivity index (χ2n) is 5.30. The first kappa shape index (κ1) is 12.1. The van der Waals surface area contributed by atoms with Crippen molar-refractivity contribution in [1.82, 2.24) is 14.8 Å². The van der Waals surface area contributed by atoms with Crippen molar-refractivity contribution < 1.29 is 9.53 Å². The molecule has 0 aliphatic heterocycles. The first-order chi connectivity index (χ1) is 10.2. The van der Waals surface area contributed by atoms with Crippen molar-refractivity contribution in [1.29, 1.82) is 0 Å². The number of hydrogen-bond donors (Lipinski definition) is 1. The number of nitrogen functional groups attached to an aromatic ring is 1. The standard InChI is InChI=1S/C15H14N4O2/c1-21-15(20)8-2-5-12-10(6-8)13-11(14(16)18-12)7-17-19(13)9-3-4-9/h2,5-7,9H,3-4H2,1H3,(H2,16,18). The molecule has 6 nitrogen and oxygen atoms in total. The fourth-order valence-electron chi connectivity index (χ4n) is 2.67. The lowest BCUT2D eigenvalue weighted by Gasteiger charge is -2.07. The van der Waals surface area contributed by atoms with Crippen molar-refractivity contribution in [3.8, 4) is 0 Å². The Morgan fingerprint density at radius 1 is 1.38 bits per heavy atom. The van der Waals surface area contributed by atoms with Gasteiger partial charge in [-0.2, -0.15) is 5.10 Å². The van der Waals surface area contributed by atoms with Crippen LogP contribution in [0.25, 0.3) is 21.8 Å². The molecule has 2 aromatic heterocycles. The normalized spacial score (nSPS) is 14.7. The predicted molar refractivity (Wildman–Crippen MR) is 79.1 cm³/mol. The number of pyridine rings is 1. The van der Waals surface area contributed by atoms with Crippen LogP contribution in [0.4, 0.5) is 5.82 Å². The molecule has 2 heterocycles. The van der Waals surface area contributed by atoms with E-state index in [4.69, 9.17) is 10.5 Å². The van der Waals surface area contributed by atoms with Gasteiger partial charge in [0.05, 0.1) is 41.3 Å². The molecule has 21 heavy (non-hydrogen) atoms. The lowest BCUT2D eigenvalue weighted by Crippen LogP contribution is -2.03. The van der Waals surface area contributed by atoms with Gasteiger partial charge in [0.2, 0.25) is 0 Å². The molecule has 0 unspecified atom stereocenters. The number of benzene rings is 1. The minimum Gasteiger partial charge on any atom is -0.465 e. The van der Waals surface area contributed by atoms with Crippen LogP contribution >= 0.6 is 0 Å². The number of carbonyl (C=O) groups is 1. The number of carbonyl (C=O) groups excluding carboxylic acids is 1. The van der Waals surface area contributed by atoms with E-state index in [1.165, 1.54) is 7.11 Å². The molecular weight excluding hydrogens is 268 g/mol. The Hall–Kier alpha value is -2.63. The highest BCUT2D eigenvalue weighted by atomic mass is 16.5. The van der Waals surface area contributed by atoms with Crippen molar-refractivity contribution in [2.45, 2.75) is 18.9 Å². The molecule has 106 valence electrons. The Kier molecular flexibility index (Phi) is 2.42. The first-order valence-electron chi connectivity index (χ1n) is 6.84. The summed E-state index contributed by atoms with van der Waals surface area (Å²) >= 11 is 0. The Morgan fingerprint density at radius 2 is 2.19 bits per heavy atom. The summed E-state index contributed by atoms with van der Waals surface area (Å²) < 4.78 is 6.78. The highest BCUT2D eigenvalue weighted by Gasteiger charge is 2.27. The minimum atomic E-state index is -0.362. The van der Waals surface area contributed by atoms with E-state index in [0.29, 0.717) is 17.4 Å². The fraction of sp³-hybridized carbons (Fsp3) is 0.267. The third-order valence-corrected chi connectivity index (χ3v) is 3.88. The number of hydrogen-bond acceptors (Lipinski definition) is 5. The second-order valence-corrected chi connectivity index (χ2v) is 5.30. The highest BCUT2D eigenvalue weighted by Crippen LogP contribution is 2.39. The van der Waals surface area contributed by atoms with E-state index in [2.05, 4.69) is 10.1 Å². The van der Waals surface area contributed by atoms with Crippen LogP contribution in [0, 0.1) is 0 Å². The van der Waals surface area contributed by atoms with Gasteiger partial charge in [-0.15, -0.1) is 0 Å². The van der Waals surface area contributed by atoms with Gasteiger partial charge in [-0.3, -0.25) is 4.68 Å². The lowest BCUT2D eigenvalue weighted by atomic mass is 10.1. The van der Waals surface area contributed by atoms with E-state index in [1.54, 1.807) is 24.4 Å². The Morgan fingerprint density at radius 3 is 2.90 bits per heavy atom. The number of nitrogens with two attached hydrogens (primary N) is 1. The van der Waals surface area contributed by atoms with Crippen LogP contribution in [0.5, 0.6) is 0 Å². The van der Waals surface area contributed by atoms with Crippen LogP contribution in [-0.4, -0.2) is 27.8 Å². The van der Waals surface area contributed by atoms with Crippen molar-refractivity contribution >= 4 is 33.6 Å². The predicted octanol–water partition coefficient (Wildman–Crippen LogP) is 2.29.